The highest BCUT2D eigenvalue weighted by Gasteiger charge is 2.66. The van der Waals surface area contributed by atoms with E-state index < -0.39 is 5.41 Å². The lowest BCUT2D eigenvalue weighted by atomic mass is 9.77. The molecule has 0 aliphatic carbocycles. The second-order valence-electron chi connectivity index (χ2n) is 10.3. The molecule has 3 aliphatic rings. The quantitative estimate of drug-likeness (QED) is 0.260. The van der Waals surface area contributed by atoms with Gasteiger partial charge < -0.3 is 14.2 Å². The Balaban J connectivity index is 1.47. The second-order valence-corrected chi connectivity index (χ2v) is 11.1. The molecule has 2 atom stereocenters. The minimum absolute atomic E-state index is 0.0499. The number of para-hydroxylation sites is 1. The van der Waals surface area contributed by atoms with Crippen molar-refractivity contribution in [3.63, 3.8) is 0 Å². The van der Waals surface area contributed by atoms with Crippen molar-refractivity contribution in [3.8, 4) is 17.2 Å². The van der Waals surface area contributed by atoms with Crippen LogP contribution in [-0.4, -0.2) is 19.3 Å². The summed E-state index contributed by atoms with van der Waals surface area (Å²) < 4.78 is 17.6. The Kier molecular flexibility index (Phi) is 5.28. The van der Waals surface area contributed by atoms with Crippen LogP contribution in [0.15, 0.2) is 78.9 Å². The molecular weight excluding hydrogens is 521 g/mol. The smallest absolute Gasteiger partial charge is 0.338 e. The first-order chi connectivity index (χ1) is 18.4. The number of hydrogen-bond acceptors (Lipinski definition) is 4. The molecule has 0 aromatic heterocycles. The minimum Gasteiger partial charge on any atom is -0.491 e. The van der Waals surface area contributed by atoms with Crippen LogP contribution in [0.3, 0.4) is 0 Å². The van der Waals surface area contributed by atoms with Gasteiger partial charge in [0, 0.05) is 38.4 Å². The third-order valence-corrected chi connectivity index (χ3v) is 8.30. The molecule has 2 unspecified atom stereocenters. The summed E-state index contributed by atoms with van der Waals surface area (Å²) in [4.78, 5) is 15.2. The molecule has 0 radical (unpaired) electrons. The van der Waals surface area contributed by atoms with Gasteiger partial charge in [0.05, 0.1) is 0 Å². The Morgan fingerprint density at radius 1 is 0.763 bits per heavy atom. The molecular formula is C31H24Cl2NO4+. The number of benzene rings is 4. The Morgan fingerprint density at radius 2 is 1.50 bits per heavy atom. The van der Waals surface area contributed by atoms with Gasteiger partial charge in [0.25, 0.3) is 0 Å². The lowest BCUT2D eigenvalue weighted by Crippen LogP contribution is -2.56. The Labute approximate surface area is 230 Å². The number of hydrogen-bond donors (Lipinski definition) is 0. The first-order valence-corrected chi connectivity index (χ1v) is 13.2. The highest BCUT2D eigenvalue weighted by Crippen LogP contribution is 2.58. The summed E-state index contributed by atoms with van der Waals surface area (Å²) in [7, 11) is 0. The average Bonchev–Trinajstić information content (AvgIpc) is 3.55. The molecule has 0 saturated heterocycles. The number of nitrogens with zero attached hydrogens (tertiary/aromatic N) is 1. The minimum atomic E-state index is -0.987. The second kappa shape index (κ2) is 8.50. The molecule has 0 fully saturated rings. The van der Waals surface area contributed by atoms with E-state index in [-0.39, 0.29) is 23.8 Å². The molecule has 1 spiro atoms. The maximum Gasteiger partial charge on any atom is 0.338 e. The number of rotatable bonds is 4. The van der Waals surface area contributed by atoms with E-state index in [1.165, 1.54) is 0 Å². The average molecular weight is 545 g/mol. The topological polar surface area (TPSA) is 44.8 Å². The zero-order chi connectivity index (χ0) is 26.1. The zero-order valence-electron chi connectivity index (χ0n) is 20.7. The van der Waals surface area contributed by atoms with Crippen LogP contribution in [-0.2, 0) is 23.3 Å². The Hall–Kier alpha value is -3.51. The first kappa shape index (κ1) is 23.6. The predicted octanol–water partition coefficient (Wildman–Crippen LogP) is 6.96. The van der Waals surface area contributed by atoms with Gasteiger partial charge in [-0.05, 0) is 37.3 Å². The van der Waals surface area contributed by atoms with E-state index in [0.717, 1.165) is 33.5 Å². The summed E-state index contributed by atoms with van der Waals surface area (Å²) in [6, 6.07) is 25.7. The summed E-state index contributed by atoms with van der Waals surface area (Å²) in [5, 5.41) is 1.08. The molecule has 7 rings (SSSR count). The monoisotopic (exact) mass is 544 g/mol. The number of fused-ring (bicyclic) bond motifs is 5. The van der Waals surface area contributed by atoms with Crippen LogP contribution in [0.1, 0.15) is 27.8 Å². The van der Waals surface area contributed by atoms with E-state index in [0.29, 0.717) is 40.4 Å². The highest BCUT2D eigenvalue weighted by molar-refractivity contribution is 6.34. The van der Waals surface area contributed by atoms with Gasteiger partial charge in [-0.1, -0.05) is 71.2 Å². The van der Waals surface area contributed by atoms with Gasteiger partial charge in [0.1, 0.15) is 31.1 Å². The Morgan fingerprint density at radius 3 is 2.29 bits per heavy atom. The number of ether oxygens (including phenoxy) is 3. The van der Waals surface area contributed by atoms with Gasteiger partial charge in [0.2, 0.25) is 6.79 Å². The predicted molar refractivity (Wildman–Crippen MR) is 147 cm³/mol. The lowest BCUT2D eigenvalue weighted by Gasteiger charge is -2.34. The van der Waals surface area contributed by atoms with E-state index in [1.807, 2.05) is 42.5 Å². The fraction of sp³-hybridized carbons (Fsp3) is 0.194. The maximum absolute atomic E-state index is 15.2. The van der Waals surface area contributed by atoms with Gasteiger partial charge in [-0.2, -0.15) is 0 Å². The first-order valence-electron chi connectivity index (χ1n) is 12.5. The van der Waals surface area contributed by atoms with Crippen LogP contribution in [0.2, 0.25) is 10.0 Å². The Bertz CT molecular complexity index is 1620. The van der Waals surface area contributed by atoms with Crippen molar-refractivity contribution in [2.75, 3.05) is 13.4 Å². The molecule has 3 heterocycles. The van der Waals surface area contributed by atoms with Crippen molar-refractivity contribution in [2.45, 2.75) is 25.4 Å². The van der Waals surface area contributed by atoms with Crippen molar-refractivity contribution in [2.24, 2.45) is 0 Å². The third-order valence-electron chi connectivity index (χ3n) is 7.87. The molecule has 38 heavy (non-hydrogen) atoms. The van der Waals surface area contributed by atoms with Crippen molar-refractivity contribution >= 4 is 34.8 Å². The van der Waals surface area contributed by atoms with Crippen molar-refractivity contribution < 1.29 is 19.0 Å². The molecule has 0 bridgehead atoms. The van der Waals surface area contributed by atoms with E-state index >= 15 is 4.79 Å². The normalized spacial score (nSPS) is 22.4. The maximum atomic E-state index is 15.2. The van der Waals surface area contributed by atoms with Gasteiger partial charge in [0.15, 0.2) is 16.9 Å². The fourth-order valence-corrected chi connectivity index (χ4v) is 6.91. The van der Waals surface area contributed by atoms with Crippen molar-refractivity contribution in [3.05, 3.63) is 117 Å². The standard InChI is InChI=1S/C31H24Cl2NO4/c1-19-5-4-6-20(9-19)15-34(16-21-10-22(32)12-23(33)11-21)26-8-3-2-7-24(26)31(30(34)35)17-36-27-14-29-28(13-25(27)31)37-18-38-29/h2-14H,15-18H2,1H3/q+1. The number of aryl methyl sites for hydroxylation is 1. The highest BCUT2D eigenvalue weighted by atomic mass is 35.5. The largest absolute Gasteiger partial charge is 0.491 e. The molecule has 190 valence electrons. The number of carbonyl (C=O) groups is 1. The number of quaternary nitrogens is 1. The van der Waals surface area contributed by atoms with Gasteiger partial charge in [-0.25, -0.2) is 9.28 Å². The number of amides is 1. The van der Waals surface area contributed by atoms with Crippen LogP contribution in [0.25, 0.3) is 0 Å². The molecule has 5 nitrogen and oxygen atoms in total. The molecule has 0 saturated carbocycles. The molecule has 0 N–H and O–H groups in total. The van der Waals surface area contributed by atoms with Gasteiger partial charge >= 0.3 is 5.91 Å². The third kappa shape index (κ3) is 3.39. The molecule has 7 heteroatoms. The van der Waals surface area contributed by atoms with Gasteiger partial charge in [-0.3, -0.25) is 0 Å². The van der Waals surface area contributed by atoms with Crippen molar-refractivity contribution in [1.82, 2.24) is 4.48 Å². The molecule has 3 aliphatic heterocycles. The molecule has 4 aromatic rings. The number of carbonyl (C=O) groups excluding carboxylic acids is 1. The van der Waals surface area contributed by atoms with Crippen molar-refractivity contribution in [1.29, 1.82) is 0 Å². The van der Waals surface area contributed by atoms with Crippen LogP contribution in [0, 0.1) is 6.92 Å². The van der Waals surface area contributed by atoms with Crippen LogP contribution in [0.5, 0.6) is 17.2 Å². The van der Waals surface area contributed by atoms with Gasteiger partial charge in [-0.15, -0.1) is 0 Å². The summed E-state index contributed by atoms with van der Waals surface area (Å²) in [5.41, 5.74) is 4.82. The summed E-state index contributed by atoms with van der Waals surface area (Å²) in [5.74, 6) is 1.96. The van der Waals surface area contributed by atoms with E-state index in [9.17, 15) is 0 Å². The molecule has 1 amide bonds. The van der Waals surface area contributed by atoms with Crippen LogP contribution < -0.4 is 18.7 Å². The van der Waals surface area contributed by atoms with Crippen LogP contribution in [0.4, 0.5) is 5.69 Å². The number of halogens is 2. The molecule has 4 aromatic carbocycles. The van der Waals surface area contributed by atoms with Crippen LogP contribution >= 0.6 is 23.2 Å². The summed E-state index contributed by atoms with van der Waals surface area (Å²) in [6.07, 6.45) is 0. The fourth-order valence-electron chi connectivity index (χ4n) is 6.34. The van der Waals surface area contributed by atoms with E-state index in [1.54, 1.807) is 6.07 Å². The SMILES string of the molecule is Cc1cccc(C[N+]2(Cc3cc(Cl)cc(Cl)c3)C(=O)C3(COc4cc5c(cc43)OCO5)c3ccccc32)c1. The summed E-state index contributed by atoms with van der Waals surface area (Å²) >= 11 is 12.8. The summed E-state index contributed by atoms with van der Waals surface area (Å²) in [6.45, 7) is 3.30. The van der Waals surface area contributed by atoms with E-state index in [4.69, 9.17) is 37.4 Å². The van der Waals surface area contributed by atoms with E-state index in [2.05, 4.69) is 37.3 Å². The zero-order valence-corrected chi connectivity index (χ0v) is 22.2. The lowest BCUT2D eigenvalue weighted by molar-refractivity contribution is -0.134.